The topological polar surface area (TPSA) is 16.4 Å². The minimum Gasteiger partial charge on any atom is -0.455 e. The summed E-state index contributed by atoms with van der Waals surface area (Å²) in [7, 11) is 0. The molecule has 0 unspecified atom stereocenters. The molecule has 0 atom stereocenters. The van der Waals surface area contributed by atoms with Gasteiger partial charge < -0.3 is 9.32 Å². The van der Waals surface area contributed by atoms with Gasteiger partial charge >= 0.3 is 0 Å². The predicted octanol–water partition coefficient (Wildman–Crippen LogP) is 15.1. The van der Waals surface area contributed by atoms with E-state index in [4.69, 9.17) is 4.42 Å². The van der Waals surface area contributed by atoms with Crippen molar-refractivity contribution in [2.75, 3.05) is 4.90 Å². The maximum atomic E-state index is 6.92. The fourth-order valence-electron chi connectivity index (χ4n) is 8.26. The molecule has 3 heteroatoms. The van der Waals surface area contributed by atoms with E-state index < -0.39 is 0 Å². The van der Waals surface area contributed by atoms with Crippen LogP contribution in [0.15, 0.2) is 192 Å². The summed E-state index contributed by atoms with van der Waals surface area (Å²) in [6, 6.07) is 67.8. The number of benzene rings is 9. The SMILES string of the molecule is c1ccc(-c2cccc3c2sc2cc(N(c4cccc5ccccc45)c4cccc5ccc6c(oc7cccc(-c8ccccc8)c76)c45)ccc23)cc1. The molecule has 2 heterocycles. The summed E-state index contributed by atoms with van der Waals surface area (Å²) in [5, 5.41) is 9.44. The number of anilines is 3. The highest BCUT2D eigenvalue weighted by Crippen LogP contribution is 2.48. The fourth-order valence-corrected chi connectivity index (χ4v) is 9.53. The average molecular weight is 694 g/mol. The van der Waals surface area contributed by atoms with Crippen LogP contribution in [0.5, 0.6) is 0 Å². The molecule has 9 aromatic carbocycles. The zero-order valence-corrected chi connectivity index (χ0v) is 29.5. The number of hydrogen-bond donors (Lipinski definition) is 0. The molecular formula is C50H31NOS. The normalized spacial score (nSPS) is 11.8. The summed E-state index contributed by atoms with van der Waals surface area (Å²) < 4.78 is 9.49. The molecule has 2 nitrogen and oxygen atoms in total. The Balaban J connectivity index is 1.20. The van der Waals surface area contributed by atoms with Gasteiger partial charge in [-0.15, -0.1) is 11.3 Å². The largest absolute Gasteiger partial charge is 0.455 e. The predicted molar refractivity (Wildman–Crippen MR) is 227 cm³/mol. The Morgan fingerprint density at radius 3 is 1.91 bits per heavy atom. The molecule has 0 radical (unpaired) electrons. The van der Waals surface area contributed by atoms with Crippen LogP contribution in [0.2, 0.25) is 0 Å². The second kappa shape index (κ2) is 11.9. The van der Waals surface area contributed by atoms with Gasteiger partial charge in [0.2, 0.25) is 0 Å². The highest BCUT2D eigenvalue weighted by atomic mass is 32.1. The smallest absolute Gasteiger partial charge is 0.145 e. The molecule has 0 aliphatic heterocycles. The van der Waals surface area contributed by atoms with Gasteiger partial charge in [-0.1, -0.05) is 152 Å². The molecule has 0 N–H and O–H groups in total. The van der Waals surface area contributed by atoms with Crippen molar-refractivity contribution in [3.63, 3.8) is 0 Å². The molecule has 2 aromatic heterocycles. The quantitative estimate of drug-likeness (QED) is 0.178. The van der Waals surface area contributed by atoms with Crippen LogP contribution in [0.25, 0.3) is 85.9 Å². The van der Waals surface area contributed by atoms with Crippen molar-refractivity contribution in [3.8, 4) is 22.3 Å². The van der Waals surface area contributed by atoms with Crippen molar-refractivity contribution in [2.24, 2.45) is 0 Å². The van der Waals surface area contributed by atoms with E-state index >= 15 is 0 Å². The van der Waals surface area contributed by atoms with Crippen molar-refractivity contribution >= 4 is 92.1 Å². The summed E-state index contributed by atoms with van der Waals surface area (Å²) in [5.74, 6) is 0. The third kappa shape index (κ3) is 4.71. The minimum atomic E-state index is 0.890. The monoisotopic (exact) mass is 693 g/mol. The van der Waals surface area contributed by atoms with Crippen LogP contribution in [0.4, 0.5) is 17.1 Å². The molecule has 0 aliphatic carbocycles. The zero-order chi connectivity index (χ0) is 34.9. The van der Waals surface area contributed by atoms with Gasteiger partial charge in [0.05, 0.1) is 11.4 Å². The van der Waals surface area contributed by atoms with E-state index in [-0.39, 0.29) is 0 Å². The number of thiophene rings is 1. The van der Waals surface area contributed by atoms with Gasteiger partial charge in [0.15, 0.2) is 0 Å². The number of rotatable bonds is 5. The molecule has 0 fully saturated rings. The van der Waals surface area contributed by atoms with Crippen molar-refractivity contribution in [1.82, 2.24) is 0 Å². The first-order valence-electron chi connectivity index (χ1n) is 18.0. The van der Waals surface area contributed by atoms with Gasteiger partial charge in [-0.3, -0.25) is 0 Å². The van der Waals surface area contributed by atoms with Crippen molar-refractivity contribution < 1.29 is 4.42 Å². The van der Waals surface area contributed by atoms with Crippen LogP contribution in [0, 0.1) is 0 Å². The molecule has 0 saturated heterocycles. The number of fused-ring (bicyclic) bond motifs is 9. The Morgan fingerprint density at radius 2 is 1.06 bits per heavy atom. The first-order chi connectivity index (χ1) is 26.3. The van der Waals surface area contributed by atoms with E-state index in [1.807, 2.05) is 11.3 Å². The first kappa shape index (κ1) is 30.0. The molecule has 248 valence electrons. The number of nitrogens with zero attached hydrogens (tertiary/aromatic N) is 1. The Morgan fingerprint density at radius 1 is 0.415 bits per heavy atom. The Bertz CT molecular complexity index is 3170. The Hall–Kier alpha value is -6.68. The average Bonchev–Trinajstić information content (AvgIpc) is 3.80. The van der Waals surface area contributed by atoms with E-state index in [9.17, 15) is 0 Å². The minimum absolute atomic E-state index is 0.890. The lowest BCUT2D eigenvalue weighted by atomic mass is 9.97. The molecule has 11 rings (SSSR count). The second-order valence-electron chi connectivity index (χ2n) is 13.6. The molecule has 0 spiro atoms. The molecule has 0 amide bonds. The van der Waals surface area contributed by atoms with Gasteiger partial charge in [0.25, 0.3) is 0 Å². The lowest BCUT2D eigenvalue weighted by molar-refractivity contribution is 0.673. The van der Waals surface area contributed by atoms with Crippen molar-refractivity contribution in [1.29, 1.82) is 0 Å². The molecular weight excluding hydrogens is 663 g/mol. The van der Waals surface area contributed by atoms with Crippen LogP contribution < -0.4 is 4.90 Å². The van der Waals surface area contributed by atoms with Gasteiger partial charge in [0, 0.05) is 47.4 Å². The van der Waals surface area contributed by atoms with Crippen LogP contribution in [0.1, 0.15) is 0 Å². The van der Waals surface area contributed by atoms with Crippen molar-refractivity contribution in [2.45, 2.75) is 0 Å². The molecule has 0 aliphatic rings. The van der Waals surface area contributed by atoms with Crippen molar-refractivity contribution in [3.05, 3.63) is 188 Å². The summed E-state index contributed by atoms with van der Waals surface area (Å²) in [5.41, 5.74) is 9.96. The highest BCUT2D eigenvalue weighted by Gasteiger charge is 2.23. The van der Waals surface area contributed by atoms with Gasteiger partial charge in [0.1, 0.15) is 11.2 Å². The molecule has 0 saturated carbocycles. The molecule has 11 aromatic rings. The highest BCUT2D eigenvalue weighted by molar-refractivity contribution is 7.26. The zero-order valence-electron chi connectivity index (χ0n) is 28.7. The third-order valence-corrected chi connectivity index (χ3v) is 11.8. The van der Waals surface area contributed by atoms with Gasteiger partial charge in [-0.05, 0) is 69.4 Å². The van der Waals surface area contributed by atoms with E-state index in [1.54, 1.807) is 0 Å². The Kier molecular flexibility index (Phi) is 6.76. The van der Waals surface area contributed by atoms with Crippen LogP contribution >= 0.6 is 11.3 Å². The second-order valence-corrected chi connectivity index (χ2v) is 14.7. The summed E-state index contributed by atoms with van der Waals surface area (Å²) in [4.78, 5) is 2.44. The maximum Gasteiger partial charge on any atom is 0.145 e. The van der Waals surface area contributed by atoms with E-state index in [0.29, 0.717) is 0 Å². The standard InChI is InChI=1S/C50H31NOS/c1-3-13-33(14-4-1)38-21-12-26-45-48(38)42-29-27-35-19-10-25-44(47(35)49(42)52-45)51(43-24-9-18-32-17-7-8-20-37(32)43)36-28-30-40-41-23-11-22-39(34-15-5-2-6-16-34)50(41)53-46(40)31-36/h1-31H. The van der Waals surface area contributed by atoms with E-state index in [2.05, 4.69) is 193 Å². The number of furan rings is 1. The Labute approximate surface area is 310 Å². The lowest BCUT2D eigenvalue weighted by Crippen LogP contribution is -2.11. The number of hydrogen-bond acceptors (Lipinski definition) is 3. The summed E-state index contributed by atoms with van der Waals surface area (Å²) >= 11 is 1.87. The molecule has 53 heavy (non-hydrogen) atoms. The van der Waals surface area contributed by atoms with Crippen LogP contribution in [-0.2, 0) is 0 Å². The van der Waals surface area contributed by atoms with Crippen LogP contribution in [-0.4, -0.2) is 0 Å². The van der Waals surface area contributed by atoms with E-state index in [0.717, 1.165) is 49.8 Å². The van der Waals surface area contributed by atoms with Gasteiger partial charge in [-0.25, -0.2) is 0 Å². The summed E-state index contributed by atoms with van der Waals surface area (Å²) in [6.07, 6.45) is 0. The first-order valence-corrected chi connectivity index (χ1v) is 18.8. The lowest BCUT2D eigenvalue weighted by Gasteiger charge is -2.28. The van der Waals surface area contributed by atoms with Gasteiger partial charge in [-0.2, -0.15) is 0 Å². The summed E-state index contributed by atoms with van der Waals surface area (Å²) in [6.45, 7) is 0. The molecule has 0 bridgehead atoms. The van der Waals surface area contributed by atoms with Crippen LogP contribution in [0.3, 0.4) is 0 Å². The fraction of sp³-hybridized carbons (Fsp3) is 0. The van der Waals surface area contributed by atoms with E-state index in [1.165, 1.54) is 53.2 Å². The maximum absolute atomic E-state index is 6.92. The third-order valence-electron chi connectivity index (χ3n) is 10.6.